The van der Waals surface area contributed by atoms with E-state index in [1.54, 1.807) is 0 Å². The van der Waals surface area contributed by atoms with Gasteiger partial charge in [-0.05, 0) is 30.9 Å². The van der Waals surface area contributed by atoms with Gasteiger partial charge in [0.15, 0.2) is 5.82 Å². The van der Waals surface area contributed by atoms with Crippen LogP contribution in [0.15, 0.2) is 12.1 Å². The Balaban J connectivity index is 1.84. The van der Waals surface area contributed by atoms with E-state index in [0.717, 1.165) is 37.8 Å². The zero-order valence-corrected chi connectivity index (χ0v) is 12.8. The van der Waals surface area contributed by atoms with E-state index in [9.17, 15) is 0 Å². The monoisotopic (exact) mass is 278 g/mol. The third-order valence-electron chi connectivity index (χ3n) is 3.57. The van der Waals surface area contributed by atoms with E-state index >= 15 is 0 Å². The molecule has 5 heteroatoms. The molecule has 1 N–H and O–H groups in total. The van der Waals surface area contributed by atoms with E-state index in [0.29, 0.717) is 12.0 Å². The fraction of sp³-hybridized carbons (Fsp3) is 0.733. The zero-order chi connectivity index (χ0) is 14.4. The Morgan fingerprint density at radius 3 is 2.85 bits per heavy atom. The summed E-state index contributed by atoms with van der Waals surface area (Å²) in [7, 11) is 2.07. The van der Waals surface area contributed by atoms with Crippen LogP contribution in [-0.4, -0.2) is 43.0 Å². The Hall–Kier alpha value is -1.20. The average molecular weight is 278 g/mol. The van der Waals surface area contributed by atoms with Gasteiger partial charge in [0.25, 0.3) is 0 Å². The Morgan fingerprint density at radius 1 is 1.40 bits per heavy atom. The Labute approximate surface area is 121 Å². The number of rotatable bonds is 6. The highest BCUT2D eigenvalue weighted by atomic mass is 16.5. The highest BCUT2D eigenvalue weighted by Crippen LogP contribution is 2.17. The molecule has 0 radical (unpaired) electrons. The lowest BCUT2D eigenvalue weighted by Gasteiger charge is -2.27. The van der Waals surface area contributed by atoms with E-state index in [4.69, 9.17) is 4.74 Å². The molecule has 5 nitrogen and oxygen atoms in total. The third-order valence-corrected chi connectivity index (χ3v) is 3.57. The largest absolute Gasteiger partial charge is 0.381 e. The lowest BCUT2D eigenvalue weighted by Crippen LogP contribution is -2.31. The van der Waals surface area contributed by atoms with Gasteiger partial charge in [0.1, 0.15) is 0 Å². The van der Waals surface area contributed by atoms with Gasteiger partial charge < -0.3 is 15.0 Å². The number of nitrogens with zero attached hydrogens (tertiary/aromatic N) is 3. The molecule has 0 amide bonds. The number of aromatic nitrogens is 2. The van der Waals surface area contributed by atoms with Gasteiger partial charge in [-0.25, -0.2) is 0 Å². The maximum Gasteiger partial charge on any atom is 0.150 e. The van der Waals surface area contributed by atoms with Crippen LogP contribution in [0.2, 0.25) is 0 Å². The maximum atomic E-state index is 5.52. The molecule has 0 saturated carbocycles. The minimum absolute atomic E-state index is 0.463. The first kappa shape index (κ1) is 15.2. The van der Waals surface area contributed by atoms with Crippen LogP contribution < -0.4 is 10.2 Å². The van der Waals surface area contributed by atoms with E-state index in [2.05, 4.69) is 41.3 Å². The summed E-state index contributed by atoms with van der Waals surface area (Å²) in [6.07, 6.45) is 2.41. The van der Waals surface area contributed by atoms with Crippen LogP contribution in [0.1, 0.15) is 32.4 Å². The van der Waals surface area contributed by atoms with Crippen molar-refractivity contribution in [1.82, 2.24) is 15.5 Å². The molecule has 1 fully saturated rings. The fourth-order valence-electron chi connectivity index (χ4n) is 2.39. The summed E-state index contributed by atoms with van der Waals surface area (Å²) >= 11 is 0. The molecular formula is C15H26N4O. The number of hydrogen-bond acceptors (Lipinski definition) is 5. The predicted molar refractivity (Wildman–Crippen MR) is 80.8 cm³/mol. The van der Waals surface area contributed by atoms with Crippen molar-refractivity contribution in [3.63, 3.8) is 0 Å². The molecule has 1 aliphatic heterocycles. The molecule has 1 aromatic rings. The van der Waals surface area contributed by atoms with Crippen LogP contribution >= 0.6 is 0 Å². The fourth-order valence-corrected chi connectivity index (χ4v) is 2.39. The van der Waals surface area contributed by atoms with Crippen molar-refractivity contribution in [3.8, 4) is 0 Å². The lowest BCUT2D eigenvalue weighted by atomic mass is 10.0. The first-order valence-corrected chi connectivity index (χ1v) is 7.50. The SMILES string of the molecule is CC(C)NCc1ccc(N(C)CC2CCCOC2)nn1. The Morgan fingerprint density at radius 2 is 2.25 bits per heavy atom. The van der Waals surface area contributed by atoms with Gasteiger partial charge in [0, 0.05) is 32.8 Å². The van der Waals surface area contributed by atoms with Crippen molar-refractivity contribution < 1.29 is 4.74 Å². The molecule has 0 aliphatic carbocycles. The summed E-state index contributed by atoms with van der Waals surface area (Å²) in [4.78, 5) is 2.17. The standard InChI is InChI=1S/C15H26N4O/c1-12(2)16-9-14-6-7-15(18-17-14)19(3)10-13-5-4-8-20-11-13/h6-7,12-13,16H,4-5,8-11H2,1-3H3. The molecule has 2 rings (SSSR count). The molecule has 1 atom stereocenters. The summed E-state index contributed by atoms with van der Waals surface area (Å²) in [6, 6.07) is 4.56. The first-order valence-electron chi connectivity index (χ1n) is 7.50. The van der Waals surface area contributed by atoms with Crippen LogP contribution in [0, 0.1) is 5.92 Å². The molecule has 112 valence electrons. The minimum Gasteiger partial charge on any atom is -0.381 e. The van der Waals surface area contributed by atoms with E-state index < -0.39 is 0 Å². The van der Waals surface area contributed by atoms with Gasteiger partial charge in [-0.2, -0.15) is 5.10 Å². The Bertz CT molecular complexity index is 387. The van der Waals surface area contributed by atoms with Crippen LogP contribution in [-0.2, 0) is 11.3 Å². The topological polar surface area (TPSA) is 50.3 Å². The summed E-state index contributed by atoms with van der Waals surface area (Å²) in [5.74, 6) is 1.54. The number of nitrogens with one attached hydrogen (secondary N) is 1. The molecule has 0 bridgehead atoms. The molecule has 20 heavy (non-hydrogen) atoms. The molecule has 1 aliphatic rings. The van der Waals surface area contributed by atoms with Crippen molar-refractivity contribution in [2.75, 3.05) is 31.7 Å². The van der Waals surface area contributed by atoms with Crippen molar-refractivity contribution in [2.24, 2.45) is 5.92 Å². The highest BCUT2D eigenvalue weighted by molar-refractivity contribution is 5.36. The highest BCUT2D eigenvalue weighted by Gasteiger charge is 2.16. The predicted octanol–water partition coefficient (Wildman–Crippen LogP) is 1.84. The molecule has 2 heterocycles. The van der Waals surface area contributed by atoms with E-state index in [1.165, 1.54) is 12.8 Å². The second-order valence-electron chi connectivity index (χ2n) is 5.88. The van der Waals surface area contributed by atoms with Gasteiger partial charge in [0.05, 0.1) is 12.3 Å². The average Bonchev–Trinajstić information content (AvgIpc) is 2.46. The molecule has 0 aromatic carbocycles. The summed E-state index contributed by atoms with van der Waals surface area (Å²) in [6.45, 7) is 7.79. The summed E-state index contributed by atoms with van der Waals surface area (Å²) in [5, 5.41) is 11.9. The molecule has 1 saturated heterocycles. The van der Waals surface area contributed by atoms with Crippen LogP contribution in [0.5, 0.6) is 0 Å². The first-order chi connectivity index (χ1) is 9.65. The van der Waals surface area contributed by atoms with Gasteiger partial charge in [0.2, 0.25) is 0 Å². The summed E-state index contributed by atoms with van der Waals surface area (Å²) < 4.78 is 5.52. The van der Waals surface area contributed by atoms with Gasteiger partial charge >= 0.3 is 0 Å². The molecular weight excluding hydrogens is 252 g/mol. The maximum absolute atomic E-state index is 5.52. The third kappa shape index (κ3) is 4.72. The number of hydrogen-bond donors (Lipinski definition) is 1. The summed E-state index contributed by atoms with van der Waals surface area (Å²) in [5.41, 5.74) is 0.983. The minimum atomic E-state index is 0.463. The Kier molecular flexibility index (Phi) is 5.73. The molecule has 1 unspecified atom stereocenters. The number of anilines is 1. The number of ether oxygens (including phenoxy) is 1. The quantitative estimate of drug-likeness (QED) is 0.860. The second kappa shape index (κ2) is 7.55. The van der Waals surface area contributed by atoms with Crippen LogP contribution in [0.3, 0.4) is 0 Å². The second-order valence-corrected chi connectivity index (χ2v) is 5.88. The van der Waals surface area contributed by atoms with Crippen molar-refractivity contribution >= 4 is 5.82 Å². The smallest absolute Gasteiger partial charge is 0.150 e. The van der Waals surface area contributed by atoms with E-state index in [-0.39, 0.29) is 0 Å². The van der Waals surface area contributed by atoms with Crippen LogP contribution in [0.25, 0.3) is 0 Å². The van der Waals surface area contributed by atoms with Crippen LogP contribution in [0.4, 0.5) is 5.82 Å². The normalized spacial score (nSPS) is 19.3. The van der Waals surface area contributed by atoms with Crippen molar-refractivity contribution in [3.05, 3.63) is 17.8 Å². The van der Waals surface area contributed by atoms with Crippen molar-refractivity contribution in [1.29, 1.82) is 0 Å². The molecule has 0 spiro atoms. The van der Waals surface area contributed by atoms with Gasteiger partial charge in [-0.15, -0.1) is 5.10 Å². The van der Waals surface area contributed by atoms with Gasteiger partial charge in [-0.3, -0.25) is 0 Å². The lowest BCUT2D eigenvalue weighted by molar-refractivity contribution is 0.0576. The van der Waals surface area contributed by atoms with Crippen molar-refractivity contribution in [2.45, 2.75) is 39.3 Å². The van der Waals surface area contributed by atoms with Gasteiger partial charge in [-0.1, -0.05) is 13.8 Å². The van der Waals surface area contributed by atoms with E-state index in [1.807, 2.05) is 12.1 Å². The zero-order valence-electron chi connectivity index (χ0n) is 12.8. The molecule has 1 aromatic heterocycles.